The van der Waals surface area contributed by atoms with E-state index in [4.69, 9.17) is 4.74 Å². The summed E-state index contributed by atoms with van der Waals surface area (Å²) in [6, 6.07) is 5.34. The number of β-lactam (4-membered cyclic amide) rings is 1. The van der Waals surface area contributed by atoms with Crippen molar-refractivity contribution < 1.29 is 27.7 Å². The van der Waals surface area contributed by atoms with Crippen molar-refractivity contribution in [3.63, 3.8) is 0 Å². The molecular formula is C20H24N2O7S. The molecule has 162 valence electrons. The predicted molar refractivity (Wildman–Crippen MR) is 111 cm³/mol. The standard InChI is InChI=1S/C20H24N2O7S/c1-12(2)16(19(24)29-20(3,4)5)21-17(23)15(18(21)30(6,27)28)11-13-7-9-14(10-8-13)22(25)26/h7-11,18H,1-6H3/b15-11+. The predicted octanol–water partition coefficient (Wildman–Crippen LogP) is 2.83. The van der Waals surface area contributed by atoms with Crippen LogP contribution in [0.4, 0.5) is 5.69 Å². The summed E-state index contributed by atoms with van der Waals surface area (Å²) in [5, 5.41) is 9.42. The molecule has 1 unspecified atom stereocenters. The Morgan fingerprint density at radius 1 is 1.20 bits per heavy atom. The van der Waals surface area contributed by atoms with Gasteiger partial charge < -0.3 is 4.74 Å². The normalized spacial score (nSPS) is 18.1. The van der Waals surface area contributed by atoms with Crippen molar-refractivity contribution in [1.82, 2.24) is 4.90 Å². The third-order valence-electron chi connectivity index (χ3n) is 4.10. The number of hydrogen-bond donors (Lipinski definition) is 0. The molecule has 1 heterocycles. The first-order valence-corrected chi connectivity index (χ1v) is 11.0. The molecule has 1 aliphatic heterocycles. The molecule has 0 saturated carbocycles. The highest BCUT2D eigenvalue weighted by molar-refractivity contribution is 7.91. The van der Waals surface area contributed by atoms with Crippen LogP contribution in [0.1, 0.15) is 40.2 Å². The summed E-state index contributed by atoms with van der Waals surface area (Å²) in [6.07, 6.45) is 2.32. The lowest BCUT2D eigenvalue weighted by Crippen LogP contribution is -2.59. The average Bonchev–Trinajstić information content (AvgIpc) is 2.57. The molecule has 10 heteroatoms. The number of nitrogens with zero attached hydrogens (tertiary/aromatic N) is 2. The van der Waals surface area contributed by atoms with Crippen molar-refractivity contribution in [1.29, 1.82) is 0 Å². The first-order valence-electron chi connectivity index (χ1n) is 9.03. The van der Waals surface area contributed by atoms with Crippen LogP contribution in [0.2, 0.25) is 0 Å². The van der Waals surface area contributed by atoms with Gasteiger partial charge in [0.1, 0.15) is 11.3 Å². The van der Waals surface area contributed by atoms with E-state index in [2.05, 4.69) is 0 Å². The Morgan fingerprint density at radius 3 is 2.13 bits per heavy atom. The van der Waals surface area contributed by atoms with E-state index in [1.165, 1.54) is 30.3 Å². The van der Waals surface area contributed by atoms with Crippen LogP contribution in [-0.4, -0.2) is 47.3 Å². The molecule has 2 rings (SSSR count). The number of sulfone groups is 1. The van der Waals surface area contributed by atoms with Gasteiger partial charge in [-0.15, -0.1) is 0 Å². The maximum Gasteiger partial charge on any atom is 0.355 e. The van der Waals surface area contributed by atoms with Crippen LogP contribution in [0.5, 0.6) is 0 Å². The number of likely N-dealkylation sites (tertiary alicyclic amines) is 1. The minimum Gasteiger partial charge on any atom is -0.455 e. The number of ether oxygens (including phenoxy) is 1. The second-order valence-electron chi connectivity index (χ2n) is 8.16. The van der Waals surface area contributed by atoms with Gasteiger partial charge in [0.25, 0.3) is 11.6 Å². The topological polar surface area (TPSA) is 124 Å². The van der Waals surface area contributed by atoms with E-state index >= 15 is 0 Å². The Kier molecular flexibility index (Phi) is 6.22. The first kappa shape index (κ1) is 23.3. The summed E-state index contributed by atoms with van der Waals surface area (Å²) >= 11 is 0. The smallest absolute Gasteiger partial charge is 0.355 e. The summed E-state index contributed by atoms with van der Waals surface area (Å²) in [5.41, 5.74) is -0.257. The van der Waals surface area contributed by atoms with Crippen molar-refractivity contribution >= 4 is 33.5 Å². The van der Waals surface area contributed by atoms with E-state index < -0.39 is 37.6 Å². The fourth-order valence-corrected chi connectivity index (χ4v) is 4.15. The number of nitro benzene ring substituents is 1. The Balaban J connectivity index is 2.49. The van der Waals surface area contributed by atoms with Crippen LogP contribution < -0.4 is 0 Å². The second kappa shape index (κ2) is 8.02. The lowest BCUT2D eigenvalue weighted by atomic mass is 10.00. The second-order valence-corrected chi connectivity index (χ2v) is 10.3. The molecule has 0 aromatic heterocycles. The Morgan fingerprint density at radius 2 is 1.73 bits per heavy atom. The monoisotopic (exact) mass is 436 g/mol. The molecule has 30 heavy (non-hydrogen) atoms. The number of nitro groups is 1. The molecule has 9 nitrogen and oxygen atoms in total. The van der Waals surface area contributed by atoms with Crippen LogP contribution in [0.25, 0.3) is 6.08 Å². The Hall–Kier alpha value is -3.01. The van der Waals surface area contributed by atoms with Gasteiger partial charge in [0.15, 0.2) is 15.2 Å². The first-order chi connectivity index (χ1) is 13.6. The van der Waals surface area contributed by atoms with E-state index in [1.54, 1.807) is 34.6 Å². The Bertz CT molecular complexity index is 1060. The lowest BCUT2D eigenvalue weighted by Gasteiger charge is -2.42. The summed E-state index contributed by atoms with van der Waals surface area (Å²) < 4.78 is 30.2. The Labute approximate surface area is 175 Å². The van der Waals surface area contributed by atoms with Gasteiger partial charge in [-0.05, 0) is 64.0 Å². The van der Waals surface area contributed by atoms with Crippen molar-refractivity contribution in [3.8, 4) is 0 Å². The van der Waals surface area contributed by atoms with Crippen LogP contribution in [0.15, 0.2) is 41.1 Å². The van der Waals surface area contributed by atoms with Gasteiger partial charge in [0.2, 0.25) is 0 Å². The number of rotatable bonds is 5. The highest BCUT2D eigenvalue weighted by Crippen LogP contribution is 2.37. The quantitative estimate of drug-likeness (QED) is 0.228. The molecule has 1 aliphatic rings. The van der Waals surface area contributed by atoms with Crippen molar-refractivity contribution in [2.24, 2.45) is 0 Å². The number of esters is 1. The molecule has 1 aromatic rings. The largest absolute Gasteiger partial charge is 0.455 e. The van der Waals surface area contributed by atoms with E-state index in [0.717, 1.165) is 11.2 Å². The SMILES string of the molecule is CC(C)=C(C(=O)OC(C)(C)C)N1C(=O)/C(=C\c2ccc([N+](=O)[O-])cc2)C1S(C)(=O)=O. The van der Waals surface area contributed by atoms with Crippen molar-refractivity contribution in [2.45, 2.75) is 45.6 Å². The summed E-state index contributed by atoms with van der Waals surface area (Å²) in [7, 11) is -3.81. The van der Waals surface area contributed by atoms with Gasteiger partial charge in [-0.2, -0.15) is 0 Å². The molecular weight excluding hydrogens is 412 g/mol. The molecule has 1 amide bonds. The highest BCUT2D eigenvalue weighted by atomic mass is 32.2. The maximum absolute atomic E-state index is 12.9. The molecule has 1 fully saturated rings. The zero-order chi connectivity index (χ0) is 23.0. The summed E-state index contributed by atoms with van der Waals surface area (Å²) in [4.78, 5) is 36.7. The molecule has 1 atom stereocenters. The van der Waals surface area contributed by atoms with Crippen LogP contribution in [0, 0.1) is 10.1 Å². The number of amides is 1. The average molecular weight is 436 g/mol. The highest BCUT2D eigenvalue weighted by Gasteiger charge is 2.52. The number of non-ortho nitro benzene ring substituents is 1. The third kappa shape index (κ3) is 4.93. The molecule has 1 aromatic carbocycles. The number of benzene rings is 1. The van der Waals surface area contributed by atoms with Crippen LogP contribution >= 0.6 is 0 Å². The zero-order valence-electron chi connectivity index (χ0n) is 17.6. The lowest BCUT2D eigenvalue weighted by molar-refractivity contribution is -0.384. The number of carbonyl (C=O) groups is 2. The molecule has 1 saturated heterocycles. The number of hydrogen-bond acceptors (Lipinski definition) is 7. The number of carbonyl (C=O) groups excluding carboxylic acids is 2. The maximum atomic E-state index is 12.9. The van der Waals surface area contributed by atoms with E-state index in [-0.39, 0.29) is 17.0 Å². The zero-order valence-corrected chi connectivity index (χ0v) is 18.4. The number of allylic oxidation sites excluding steroid dienone is 1. The molecule has 0 radical (unpaired) electrons. The van der Waals surface area contributed by atoms with E-state index in [1.807, 2.05) is 0 Å². The van der Waals surface area contributed by atoms with Gasteiger partial charge in [0.05, 0.1) is 10.5 Å². The van der Waals surface area contributed by atoms with E-state index in [9.17, 15) is 28.1 Å². The molecule has 0 aliphatic carbocycles. The van der Waals surface area contributed by atoms with Gasteiger partial charge in [0, 0.05) is 18.4 Å². The van der Waals surface area contributed by atoms with Gasteiger partial charge in [-0.1, -0.05) is 0 Å². The van der Waals surface area contributed by atoms with Crippen molar-refractivity contribution in [2.75, 3.05) is 6.26 Å². The minimum atomic E-state index is -3.81. The third-order valence-corrected chi connectivity index (χ3v) is 5.38. The van der Waals surface area contributed by atoms with Gasteiger partial charge in [-0.3, -0.25) is 19.8 Å². The molecule has 0 spiro atoms. The molecule has 0 N–H and O–H groups in total. The summed E-state index contributed by atoms with van der Waals surface area (Å²) in [5.74, 6) is -1.44. The van der Waals surface area contributed by atoms with Gasteiger partial charge in [-0.25, -0.2) is 13.2 Å². The summed E-state index contributed by atoms with van der Waals surface area (Å²) in [6.45, 7) is 8.17. The van der Waals surface area contributed by atoms with Crippen LogP contribution in [-0.2, 0) is 24.2 Å². The molecule has 0 bridgehead atoms. The van der Waals surface area contributed by atoms with Crippen LogP contribution in [0.3, 0.4) is 0 Å². The van der Waals surface area contributed by atoms with E-state index in [0.29, 0.717) is 11.1 Å². The van der Waals surface area contributed by atoms with Gasteiger partial charge >= 0.3 is 5.97 Å². The minimum absolute atomic E-state index is 0.0336. The fraction of sp³-hybridized carbons (Fsp3) is 0.400. The van der Waals surface area contributed by atoms with Crippen molar-refractivity contribution in [3.05, 3.63) is 56.8 Å². The fourth-order valence-electron chi connectivity index (χ4n) is 2.94.